The van der Waals surface area contributed by atoms with Crippen LogP contribution in [-0.4, -0.2) is 59.9 Å². The highest BCUT2D eigenvalue weighted by atomic mass is 16.3. The summed E-state index contributed by atoms with van der Waals surface area (Å²) in [5.41, 5.74) is 0.430. The molecule has 2 heterocycles. The summed E-state index contributed by atoms with van der Waals surface area (Å²) >= 11 is 0. The molecule has 2 rings (SSSR count). The molecule has 0 bridgehead atoms. The van der Waals surface area contributed by atoms with Gasteiger partial charge in [0.2, 0.25) is 0 Å². The van der Waals surface area contributed by atoms with Gasteiger partial charge in [-0.3, -0.25) is 0 Å². The molecule has 0 aromatic heterocycles. The van der Waals surface area contributed by atoms with Crippen molar-refractivity contribution >= 4 is 0 Å². The summed E-state index contributed by atoms with van der Waals surface area (Å²) < 4.78 is 0. The fourth-order valence-corrected chi connectivity index (χ4v) is 4.40. The van der Waals surface area contributed by atoms with Crippen LogP contribution in [0.2, 0.25) is 0 Å². The number of hydrogen-bond donors (Lipinski definition) is 3. The largest absolute Gasteiger partial charge is 0.396 e. The van der Waals surface area contributed by atoms with E-state index in [1.54, 1.807) is 0 Å². The highest BCUT2D eigenvalue weighted by molar-refractivity contribution is 4.99. The number of likely N-dealkylation sites (tertiary alicyclic amines) is 1. The first kappa shape index (κ1) is 17.2. The van der Waals surface area contributed by atoms with Gasteiger partial charge in [-0.15, -0.1) is 0 Å². The second-order valence-corrected chi connectivity index (χ2v) is 8.44. The molecule has 2 aliphatic rings. The molecule has 21 heavy (non-hydrogen) atoms. The Balaban J connectivity index is 1.73. The van der Waals surface area contributed by atoms with E-state index >= 15 is 0 Å². The van der Waals surface area contributed by atoms with E-state index in [-0.39, 0.29) is 11.1 Å². The van der Waals surface area contributed by atoms with Gasteiger partial charge in [0.25, 0.3) is 0 Å². The van der Waals surface area contributed by atoms with Crippen molar-refractivity contribution in [3.05, 3.63) is 0 Å². The van der Waals surface area contributed by atoms with E-state index in [0.29, 0.717) is 18.6 Å². The zero-order valence-corrected chi connectivity index (χ0v) is 14.4. The lowest BCUT2D eigenvalue weighted by atomic mass is 9.79. The molecule has 2 saturated heterocycles. The van der Waals surface area contributed by atoms with Crippen molar-refractivity contribution in [2.24, 2.45) is 5.92 Å². The van der Waals surface area contributed by atoms with Crippen LogP contribution >= 0.6 is 0 Å². The monoisotopic (exact) mass is 297 g/mol. The molecule has 0 amide bonds. The predicted octanol–water partition coefficient (Wildman–Crippen LogP) is 1.59. The minimum Gasteiger partial charge on any atom is -0.396 e. The minimum absolute atomic E-state index is 0.215. The number of aliphatic hydroxyl groups excluding tert-OH is 1. The molecule has 0 aliphatic carbocycles. The van der Waals surface area contributed by atoms with Crippen LogP contribution in [0.5, 0.6) is 0 Å². The maximum Gasteiger partial charge on any atom is 0.0471 e. The Morgan fingerprint density at radius 1 is 1.19 bits per heavy atom. The smallest absolute Gasteiger partial charge is 0.0471 e. The SMILES string of the molecule is CC1(C)CC(NCCN2CCCC(CO)C2)CC(C)(C)N1. The molecule has 1 atom stereocenters. The van der Waals surface area contributed by atoms with E-state index in [0.717, 1.165) is 19.6 Å². The predicted molar refractivity (Wildman–Crippen MR) is 88.6 cm³/mol. The summed E-state index contributed by atoms with van der Waals surface area (Å²) in [6.45, 7) is 14.0. The fraction of sp³-hybridized carbons (Fsp3) is 1.00. The number of nitrogens with one attached hydrogen (secondary N) is 2. The molecular weight excluding hydrogens is 262 g/mol. The molecule has 0 radical (unpaired) electrons. The van der Waals surface area contributed by atoms with Gasteiger partial charge in [-0.25, -0.2) is 0 Å². The Kier molecular flexibility index (Phi) is 5.69. The number of hydrogen-bond acceptors (Lipinski definition) is 4. The van der Waals surface area contributed by atoms with Gasteiger partial charge in [0.1, 0.15) is 0 Å². The van der Waals surface area contributed by atoms with Gasteiger partial charge in [0.05, 0.1) is 0 Å². The Bertz CT molecular complexity index is 314. The molecule has 0 aromatic rings. The zero-order chi connectivity index (χ0) is 15.5. The highest BCUT2D eigenvalue weighted by Crippen LogP contribution is 2.28. The maximum absolute atomic E-state index is 9.30. The van der Waals surface area contributed by atoms with Crippen LogP contribution in [0.3, 0.4) is 0 Å². The summed E-state index contributed by atoms with van der Waals surface area (Å²) in [6.07, 6.45) is 4.81. The summed E-state index contributed by atoms with van der Waals surface area (Å²) in [7, 11) is 0. The highest BCUT2D eigenvalue weighted by Gasteiger charge is 2.37. The first-order chi connectivity index (χ1) is 9.80. The Hall–Kier alpha value is -0.160. The summed E-state index contributed by atoms with van der Waals surface area (Å²) in [6, 6.07) is 0.606. The first-order valence-corrected chi connectivity index (χ1v) is 8.66. The van der Waals surface area contributed by atoms with E-state index in [2.05, 4.69) is 43.2 Å². The van der Waals surface area contributed by atoms with Crippen LogP contribution < -0.4 is 10.6 Å². The lowest BCUT2D eigenvalue weighted by molar-refractivity contribution is 0.114. The number of rotatable bonds is 5. The van der Waals surface area contributed by atoms with Gasteiger partial charge in [-0.2, -0.15) is 0 Å². The van der Waals surface area contributed by atoms with Crippen molar-refractivity contribution in [3.63, 3.8) is 0 Å². The Labute approximate surface area is 130 Å². The molecule has 0 aromatic carbocycles. The molecule has 2 aliphatic heterocycles. The van der Waals surface area contributed by atoms with Crippen LogP contribution in [0.1, 0.15) is 53.4 Å². The lowest BCUT2D eigenvalue weighted by Crippen LogP contribution is -2.62. The molecule has 4 nitrogen and oxygen atoms in total. The van der Waals surface area contributed by atoms with Gasteiger partial charge in [0.15, 0.2) is 0 Å². The zero-order valence-electron chi connectivity index (χ0n) is 14.4. The lowest BCUT2D eigenvalue weighted by Gasteiger charge is -2.47. The number of piperidine rings is 2. The van der Waals surface area contributed by atoms with Crippen LogP contribution in [0, 0.1) is 5.92 Å². The van der Waals surface area contributed by atoms with Crippen molar-refractivity contribution in [3.8, 4) is 0 Å². The second-order valence-electron chi connectivity index (χ2n) is 8.44. The van der Waals surface area contributed by atoms with Crippen LogP contribution in [0.25, 0.3) is 0 Å². The van der Waals surface area contributed by atoms with E-state index in [1.807, 2.05) is 0 Å². The molecule has 1 unspecified atom stereocenters. The summed E-state index contributed by atoms with van der Waals surface area (Å²) in [4.78, 5) is 2.51. The molecule has 3 N–H and O–H groups in total. The van der Waals surface area contributed by atoms with Crippen LogP contribution in [-0.2, 0) is 0 Å². The standard InChI is InChI=1S/C17H35N3O/c1-16(2)10-15(11-17(3,4)19-16)18-7-9-20-8-5-6-14(12-20)13-21/h14-15,18-19,21H,5-13H2,1-4H3. The Morgan fingerprint density at radius 3 is 2.48 bits per heavy atom. The average molecular weight is 297 g/mol. The van der Waals surface area contributed by atoms with Gasteiger partial charge in [-0.05, 0) is 65.8 Å². The van der Waals surface area contributed by atoms with E-state index < -0.39 is 0 Å². The summed E-state index contributed by atoms with van der Waals surface area (Å²) in [5.74, 6) is 0.496. The topological polar surface area (TPSA) is 47.5 Å². The quantitative estimate of drug-likeness (QED) is 0.721. The number of aliphatic hydroxyl groups is 1. The molecule has 0 spiro atoms. The van der Waals surface area contributed by atoms with E-state index in [4.69, 9.17) is 0 Å². The van der Waals surface area contributed by atoms with Gasteiger partial charge >= 0.3 is 0 Å². The van der Waals surface area contributed by atoms with Gasteiger partial charge < -0.3 is 20.6 Å². The van der Waals surface area contributed by atoms with Gasteiger partial charge in [0, 0.05) is 43.4 Å². The normalized spacial score (nSPS) is 30.4. The first-order valence-electron chi connectivity index (χ1n) is 8.66. The van der Waals surface area contributed by atoms with Crippen molar-refractivity contribution in [1.29, 1.82) is 0 Å². The Morgan fingerprint density at radius 2 is 1.86 bits per heavy atom. The molecular formula is C17H35N3O. The van der Waals surface area contributed by atoms with Crippen molar-refractivity contribution in [1.82, 2.24) is 15.5 Å². The van der Waals surface area contributed by atoms with Crippen LogP contribution in [0.4, 0.5) is 0 Å². The van der Waals surface area contributed by atoms with E-state index in [9.17, 15) is 5.11 Å². The second kappa shape index (κ2) is 6.95. The van der Waals surface area contributed by atoms with Crippen molar-refractivity contribution < 1.29 is 5.11 Å². The minimum atomic E-state index is 0.215. The third-order valence-electron chi connectivity index (χ3n) is 4.91. The molecule has 4 heteroatoms. The van der Waals surface area contributed by atoms with E-state index in [1.165, 1.54) is 32.2 Å². The third-order valence-corrected chi connectivity index (χ3v) is 4.91. The molecule has 2 fully saturated rings. The third kappa shape index (κ3) is 5.51. The molecule has 124 valence electrons. The fourth-order valence-electron chi connectivity index (χ4n) is 4.40. The molecule has 0 saturated carbocycles. The van der Waals surface area contributed by atoms with Gasteiger partial charge in [-0.1, -0.05) is 0 Å². The van der Waals surface area contributed by atoms with Crippen LogP contribution in [0.15, 0.2) is 0 Å². The summed E-state index contributed by atoms with van der Waals surface area (Å²) in [5, 5.41) is 16.8. The number of nitrogens with zero attached hydrogens (tertiary/aromatic N) is 1. The maximum atomic E-state index is 9.30. The average Bonchev–Trinajstić information content (AvgIpc) is 2.35. The van der Waals surface area contributed by atoms with Crippen molar-refractivity contribution in [2.75, 3.05) is 32.8 Å². The van der Waals surface area contributed by atoms with Crippen molar-refractivity contribution in [2.45, 2.75) is 70.5 Å².